The van der Waals surface area contributed by atoms with Crippen LogP contribution in [0.2, 0.25) is 0 Å². The fraction of sp³-hybridized carbons (Fsp3) is 0.200. The van der Waals surface area contributed by atoms with Gasteiger partial charge in [-0.2, -0.15) is 5.10 Å². The molecule has 1 saturated carbocycles. The topological polar surface area (TPSA) is 99.3 Å². The minimum Gasteiger partial charge on any atom is -0.338 e. The van der Waals surface area contributed by atoms with Crippen molar-refractivity contribution in [3.05, 3.63) is 72.5 Å². The van der Waals surface area contributed by atoms with Crippen molar-refractivity contribution in [3.63, 3.8) is 0 Å². The molecule has 1 aromatic carbocycles. The quantitative estimate of drug-likeness (QED) is 0.221. The van der Waals surface area contributed by atoms with E-state index in [0.29, 0.717) is 0 Å². The van der Waals surface area contributed by atoms with E-state index in [1.54, 1.807) is 17.5 Å². The molecule has 1 fully saturated rings. The molecule has 0 bridgehead atoms. The number of aromatic amines is 2. The Bertz CT molecular complexity index is 1760. The summed E-state index contributed by atoms with van der Waals surface area (Å²) >= 11 is 1.72. The Labute approximate surface area is 223 Å². The van der Waals surface area contributed by atoms with Crippen LogP contribution in [0.25, 0.3) is 54.9 Å². The third-order valence-corrected chi connectivity index (χ3v) is 8.35. The highest BCUT2D eigenvalue weighted by molar-refractivity contribution is 7.13. The van der Waals surface area contributed by atoms with Crippen molar-refractivity contribution >= 4 is 44.9 Å². The van der Waals surface area contributed by atoms with Gasteiger partial charge in [-0.15, -0.1) is 11.3 Å². The molecule has 3 N–H and O–H groups in total. The number of rotatable bonds is 5. The summed E-state index contributed by atoms with van der Waals surface area (Å²) in [5, 5.41) is 15.1. The molecule has 7 rings (SSSR count). The van der Waals surface area contributed by atoms with E-state index >= 15 is 0 Å². The lowest BCUT2D eigenvalue weighted by atomic mass is 9.88. The third kappa shape index (κ3) is 4.16. The highest BCUT2D eigenvalue weighted by atomic mass is 32.1. The number of nitrogens with one attached hydrogen (secondary N) is 3. The van der Waals surface area contributed by atoms with E-state index in [1.165, 1.54) is 11.3 Å². The van der Waals surface area contributed by atoms with Crippen LogP contribution in [0.15, 0.2) is 72.5 Å². The Morgan fingerprint density at radius 1 is 0.974 bits per heavy atom. The predicted molar refractivity (Wildman–Crippen MR) is 153 cm³/mol. The number of anilines is 1. The summed E-state index contributed by atoms with van der Waals surface area (Å²) in [5.74, 6) is 0.203. The highest BCUT2D eigenvalue weighted by Crippen LogP contribution is 2.36. The molecule has 1 amide bonds. The number of aromatic nitrogens is 5. The summed E-state index contributed by atoms with van der Waals surface area (Å²) in [6.45, 7) is 0. The second kappa shape index (κ2) is 9.54. The van der Waals surface area contributed by atoms with Crippen molar-refractivity contribution in [2.45, 2.75) is 32.1 Å². The molecule has 0 radical (unpaired) electrons. The lowest BCUT2D eigenvalue weighted by molar-refractivity contribution is -0.120. The molecule has 0 spiro atoms. The van der Waals surface area contributed by atoms with Gasteiger partial charge in [0.15, 0.2) is 0 Å². The van der Waals surface area contributed by atoms with Crippen LogP contribution in [0.3, 0.4) is 0 Å². The molecule has 7 nitrogen and oxygen atoms in total. The normalized spacial score (nSPS) is 14.3. The molecule has 0 unspecified atom stereocenters. The van der Waals surface area contributed by atoms with Crippen LogP contribution in [0.1, 0.15) is 32.1 Å². The van der Waals surface area contributed by atoms with Crippen LogP contribution in [0.5, 0.6) is 0 Å². The summed E-state index contributed by atoms with van der Waals surface area (Å²) in [7, 11) is 0. The first-order chi connectivity index (χ1) is 18.7. The van der Waals surface area contributed by atoms with Gasteiger partial charge >= 0.3 is 0 Å². The number of H-pyrrole nitrogens is 2. The SMILES string of the molecule is O=C(Nc1cncc(-c2ccc3[nH]nc(-c4cc5c(-c6cccs6)ccnc5[nH]4)c3c2)c1)C1CCCCC1. The van der Waals surface area contributed by atoms with Crippen molar-refractivity contribution in [3.8, 4) is 33.0 Å². The van der Waals surface area contributed by atoms with Crippen LogP contribution in [0, 0.1) is 5.92 Å². The Morgan fingerprint density at radius 3 is 2.76 bits per heavy atom. The average molecular weight is 519 g/mol. The minimum atomic E-state index is 0.100. The van der Waals surface area contributed by atoms with Gasteiger partial charge < -0.3 is 10.3 Å². The standard InChI is InChI=1S/C30H26N6OS/c37-30(18-5-2-1-3-6-18)33-21-13-20(16-31-17-21)19-8-9-25-24(14-19)28(36-35-25)26-15-23-22(27-7-4-12-38-27)10-11-32-29(23)34-26/h4,7-18H,1-3,5-6H2,(H,32,34)(H,33,37)(H,35,36). The summed E-state index contributed by atoms with van der Waals surface area (Å²) in [4.78, 5) is 26.4. The maximum Gasteiger partial charge on any atom is 0.227 e. The molecule has 0 saturated heterocycles. The molecule has 0 aliphatic heterocycles. The van der Waals surface area contributed by atoms with E-state index in [2.05, 4.69) is 72.2 Å². The van der Waals surface area contributed by atoms with Crippen LogP contribution >= 0.6 is 11.3 Å². The van der Waals surface area contributed by atoms with E-state index < -0.39 is 0 Å². The van der Waals surface area contributed by atoms with Crippen molar-refractivity contribution in [2.75, 3.05) is 5.32 Å². The van der Waals surface area contributed by atoms with Gasteiger partial charge in [0.1, 0.15) is 11.3 Å². The van der Waals surface area contributed by atoms with Gasteiger partial charge in [0.2, 0.25) is 5.91 Å². The number of amides is 1. The lowest BCUT2D eigenvalue weighted by Crippen LogP contribution is -2.24. The van der Waals surface area contributed by atoms with Crippen LogP contribution in [0.4, 0.5) is 5.69 Å². The number of pyridine rings is 2. The first-order valence-corrected chi connectivity index (χ1v) is 13.9. The molecular formula is C30H26N6OS. The maximum atomic E-state index is 12.8. The number of thiophene rings is 1. The second-order valence-electron chi connectivity index (χ2n) is 9.90. The number of fused-ring (bicyclic) bond motifs is 2. The highest BCUT2D eigenvalue weighted by Gasteiger charge is 2.21. The van der Waals surface area contributed by atoms with Crippen LogP contribution in [-0.4, -0.2) is 31.1 Å². The molecule has 0 atom stereocenters. The van der Waals surface area contributed by atoms with Crippen molar-refractivity contribution in [1.82, 2.24) is 25.1 Å². The van der Waals surface area contributed by atoms with Gasteiger partial charge in [0.05, 0.1) is 23.1 Å². The monoisotopic (exact) mass is 518 g/mol. The molecule has 38 heavy (non-hydrogen) atoms. The van der Waals surface area contributed by atoms with Gasteiger partial charge in [-0.25, -0.2) is 4.98 Å². The van der Waals surface area contributed by atoms with Gasteiger partial charge in [0.25, 0.3) is 0 Å². The Hall–Kier alpha value is -4.30. The molecule has 5 heterocycles. The third-order valence-electron chi connectivity index (χ3n) is 7.45. The van der Waals surface area contributed by atoms with E-state index in [0.717, 1.165) is 81.4 Å². The van der Waals surface area contributed by atoms with Crippen molar-refractivity contribution in [1.29, 1.82) is 0 Å². The molecule has 1 aliphatic rings. The van der Waals surface area contributed by atoms with E-state index in [1.807, 2.05) is 24.5 Å². The molecule has 6 aromatic rings. The maximum absolute atomic E-state index is 12.8. The second-order valence-corrected chi connectivity index (χ2v) is 10.8. The molecular weight excluding hydrogens is 492 g/mol. The van der Waals surface area contributed by atoms with Gasteiger partial charge in [0, 0.05) is 45.1 Å². The molecule has 188 valence electrons. The van der Waals surface area contributed by atoms with E-state index in [9.17, 15) is 4.79 Å². The van der Waals surface area contributed by atoms with Crippen LogP contribution in [-0.2, 0) is 4.79 Å². The number of hydrogen-bond acceptors (Lipinski definition) is 5. The first-order valence-electron chi connectivity index (χ1n) is 13.0. The van der Waals surface area contributed by atoms with E-state index in [-0.39, 0.29) is 11.8 Å². The molecule has 8 heteroatoms. The summed E-state index contributed by atoms with van der Waals surface area (Å²) in [6, 6.07) is 16.6. The Balaban J connectivity index is 1.23. The fourth-order valence-electron chi connectivity index (χ4n) is 5.48. The Kier molecular flexibility index (Phi) is 5.74. The number of carbonyl (C=O) groups excluding carboxylic acids is 1. The zero-order valence-electron chi connectivity index (χ0n) is 20.7. The van der Waals surface area contributed by atoms with Gasteiger partial charge in [-0.1, -0.05) is 31.4 Å². The largest absolute Gasteiger partial charge is 0.338 e. The number of hydrogen-bond donors (Lipinski definition) is 3. The van der Waals surface area contributed by atoms with Crippen molar-refractivity contribution in [2.24, 2.45) is 5.92 Å². The molecule has 5 aromatic heterocycles. The summed E-state index contributed by atoms with van der Waals surface area (Å²) in [5.41, 5.74) is 7.37. The van der Waals surface area contributed by atoms with Gasteiger partial charge in [-0.05, 0) is 60.2 Å². The Morgan fingerprint density at radius 2 is 1.89 bits per heavy atom. The van der Waals surface area contributed by atoms with Gasteiger partial charge in [-0.3, -0.25) is 14.9 Å². The molecule has 1 aliphatic carbocycles. The number of carbonyl (C=O) groups is 1. The van der Waals surface area contributed by atoms with Crippen LogP contribution < -0.4 is 5.32 Å². The lowest BCUT2D eigenvalue weighted by Gasteiger charge is -2.20. The minimum absolute atomic E-state index is 0.100. The number of nitrogens with zero attached hydrogens (tertiary/aromatic N) is 3. The average Bonchev–Trinajstić information content (AvgIpc) is 3.73. The summed E-state index contributed by atoms with van der Waals surface area (Å²) < 4.78 is 0. The zero-order chi connectivity index (χ0) is 25.5. The zero-order valence-corrected chi connectivity index (χ0v) is 21.5. The smallest absolute Gasteiger partial charge is 0.227 e. The van der Waals surface area contributed by atoms with E-state index in [4.69, 9.17) is 0 Å². The fourth-order valence-corrected chi connectivity index (χ4v) is 6.24. The van der Waals surface area contributed by atoms with Crippen molar-refractivity contribution < 1.29 is 4.79 Å². The summed E-state index contributed by atoms with van der Waals surface area (Å²) in [6.07, 6.45) is 10.8. The number of benzene rings is 1. The predicted octanol–water partition coefficient (Wildman–Crippen LogP) is 7.42. The first kappa shape index (κ1) is 22.9.